The fraction of sp³-hybridized carbons (Fsp3) is 0.333. The second-order valence-corrected chi connectivity index (χ2v) is 3.79. The Kier molecular flexibility index (Phi) is 4.23. The first-order valence-corrected chi connectivity index (χ1v) is 5.15. The quantitative estimate of drug-likeness (QED) is 0.758. The van der Waals surface area contributed by atoms with Crippen molar-refractivity contribution in [3.8, 4) is 0 Å². The number of aliphatic carboxylic acids is 1. The molecule has 0 spiro atoms. The molecule has 0 amide bonds. The maximum atomic E-state index is 11.7. The standard InChI is InChI=1S/C12H15NO4/c1-7-4-3-5-9(8(7)2)12(16)17-6-10(13)11(14)15/h3-5,10H,6,13H2,1-2H3,(H,14,15)/t10-/m0/s1. The molecule has 17 heavy (non-hydrogen) atoms. The van der Waals surface area contributed by atoms with E-state index < -0.39 is 18.0 Å². The topological polar surface area (TPSA) is 89.6 Å². The molecule has 0 aromatic heterocycles. The smallest absolute Gasteiger partial charge is 0.338 e. The summed E-state index contributed by atoms with van der Waals surface area (Å²) < 4.78 is 4.84. The molecule has 1 atom stereocenters. The lowest BCUT2D eigenvalue weighted by molar-refractivity contribution is -0.139. The van der Waals surface area contributed by atoms with Gasteiger partial charge in [-0.25, -0.2) is 4.79 Å². The summed E-state index contributed by atoms with van der Waals surface area (Å²) in [4.78, 5) is 22.1. The molecule has 5 nitrogen and oxygen atoms in total. The van der Waals surface area contributed by atoms with Gasteiger partial charge in [-0.05, 0) is 31.0 Å². The maximum Gasteiger partial charge on any atom is 0.338 e. The molecule has 5 heteroatoms. The second-order valence-electron chi connectivity index (χ2n) is 3.79. The van der Waals surface area contributed by atoms with Crippen LogP contribution in [0.3, 0.4) is 0 Å². The molecule has 1 rings (SSSR count). The third-order valence-corrected chi connectivity index (χ3v) is 2.54. The van der Waals surface area contributed by atoms with Crippen molar-refractivity contribution in [1.82, 2.24) is 0 Å². The molecule has 92 valence electrons. The van der Waals surface area contributed by atoms with Crippen LogP contribution in [0, 0.1) is 13.8 Å². The van der Waals surface area contributed by atoms with Crippen molar-refractivity contribution in [2.45, 2.75) is 19.9 Å². The molecule has 0 radical (unpaired) electrons. The van der Waals surface area contributed by atoms with Gasteiger partial charge in [0.05, 0.1) is 5.56 Å². The summed E-state index contributed by atoms with van der Waals surface area (Å²) >= 11 is 0. The van der Waals surface area contributed by atoms with Gasteiger partial charge in [0.15, 0.2) is 0 Å². The van der Waals surface area contributed by atoms with Crippen LogP contribution in [0.2, 0.25) is 0 Å². The summed E-state index contributed by atoms with van der Waals surface area (Å²) in [5.74, 6) is -1.75. The first kappa shape index (κ1) is 13.2. The van der Waals surface area contributed by atoms with Crippen molar-refractivity contribution >= 4 is 11.9 Å². The molecule has 0 bridgehead atoms. The number of carbonyl (C=O) groups excluding carboxylic acids is 1. The van der Waals surface area contributed by atoms with E-state index in [-0.39, 0.29) is 6.61 Å². The second kappa shape index (κ2) is 5.45. The summed E-state index contributed by atoms with van der Waals surface area (Å²) in [6, 6.07) is 4.08. The number of ether oxygens (including phenoxy) is 1. The molecular formula is C12H15NO4. The summed E-state index contributed by atoms with van der Waals surface area (Å²) in [6.45, 7) is 3.36. The molecule has 0 saturated carbocycles. The van der Waals surface area contributed by atoms with Crippen LogP contribution in [0.4, 0.5) is 0 Å². The normalized spacial score (nSPS) is 11.9. The summed E-state index contributed by atoms with van der Waals surface area (Å²) in [5, 5.41) is 8.55. The van der Waals surface area contributed by atoms with Crippen LogP contribution in [0.1, 0.15) is 21.5 Å². The van der Waals surface area contributed by atoms with Crippen LogP contribution in [0.25, 0.3) is 0 Å². The number of carbonyl (C=O) groups is 2. The van der Waals surface area contributed by atoms with E-state index in [1.54, 1.807) is 12.1 Å². The van der Waals surface area contributed by atoms with Crippen LogP contribution < -0.4 is 5.73 Å². The van der Waals surface area contributed by atoms with Gasteiger partial charge < -0.3 is 15.6 Å². The minimum absolute atomic E-state index is 0.332. The van der Waals surface area contributed by atoms with Crippen LogP contribution in [-0.4, -0.2) is 29.7 Å². The van der Waals surface area contributed by atoms with E-state index in [4.69, 9.17) is 15.6 Å². The highest BCUT2D eigenvalue weighted by Gasteiger charge is 2.16. The number of hydrogen-bond acceptors (Lipinski definition) is 4. The van der Waals surface area contributed by atoms with Gasteiger partial charge >= 0.3 is 11.9 Å². The lowest BCUT2D eigenvalue weighted by atomic mass is 10.0. The van der Waals surface area contributed by atoms with Gasteiger partial charge in [-0.3, -0.25) is 4.79 Å². The first-order valence-electron chi connectivity index (χ1n) is 5.15. The van der Waals surface area contributed by atoms with Crippen molar-refractivity contribution in [3.05, 3.63) is 34.9 Å². The number of nitrogens with two attached hydrogens (primary N) is 1. The fourth-order valence-electron chi connectivity index (χ4n) is 1.29. The predicted octanol–water partition coefficient (Wildman–Crippen LogP) is 0.872. The summed E-state index contributed by atoms with van der Waals surface area (Å²) in [6.07, 6.45) is 0. The van der Waals surface area contributed by atoms with Crippen LogP contribution >= 0.6 is 0 Å². The number of rotatable bonds is 4. The van der Waals surface area contributed by atoms with Gasteiger partial charge in [0, 0.05) is 0 Å². The highest BCUT2D eigenvalue weighted by molar-refractivity contribution is 5.91. The average molecular weight is 237 g/mol. The average Bonchev–Trinajstić information content (AvgIpc) is 2.29. The molecule has 3 N–H and O–H groups in total. The lowest BCUT2D eigenvalue weighted by Crippen LogP contribution is -2.35. The third-order valence-electron chi connectivity index (χ3n) is 2.54. The minimum Gasteiger partial charge on any atom is -0.480 e. The summed E-state index contributed by atoms with van der Waals surface area (Å²) in [7, 11) is 0. The molecule has 0 aliphatic rings. The number of aryl methyl sites for hydroxylation is 1. The van der Waals surface area contributed by atoms with Crippen molar-refractivity contribution < 1.29 is 19.4 Å². The van der Waals surface area contributed by atoms with E-state index in [2.05, 4.69) is 0 Å². The lowest BCUT2D eigenvalue weighted by Gasteiger charge is -2.10. The SMILES string of the molecule is Cc1cccc(C(=O)OC[C@H](N)C(=O)O)c1C. The van der Waals surface area contributed by atoms with E-state index in [0.29, 0.717) is 5.56 Å². The predicted molar refractivity (Wildman–Crippen MR) is 61.8 cm³/mol. The van der Waals surface area contributed by atoms with Crippen molar-refractivity contribution in [3.63, 3.8) is 0 Å². The van der Waals surface area contributed by atoms with Crippen molar-refractivity contribution in [2.24, 2.45) is 5.73 Å². The summed E-state index contributed by atoms with van der Waals surface area (Å²) in [5.41, 5.74) is 7.46. The monoisotopic (exact) mass is 237 g/mol. The van der Waals surface area contributed by atoms with Gasteiger partial charge in [-0.1, -0.05) is 12.1 Å². The Morgan fingerprint density at radius 3 is 2.65 bits per heavy atom. The molecule has 1 aromatic rings. The molecule has 0 aliphatic carbocycles. The van der Waals surface area contributed by atoms with E-state index in [0.717, 1.165) is 11.1 Å². The number of carboxylic acid groups (broad SMARTS) is 1. The fourth-order valence-corrected chi connectivity index (χ4v) is 1.29. The largest absolute Gasteiger partial charge is 0.480 e. The van der Waals surface area contributed by atoms with E-state index in [9.17, 15) is 9.59 Å². The van der Waals surface area contributed by atoms with Crippen LogP contribution in [0.5, 0.6) is 0 Å². The first-order chi connectivity index (χ1) is 7.93. The number of hydrogen-bond donors (Lipinski definition) is 2. The molecule has 0 unspecified atom stereocenters. The number of carboxylic acids is 1. The van der Waals surface area contributed by atoms with Crippen molar-refractivity contribution in [2.75, 3.05) is 6.61 Å². The van der Waals surface area contributed by atoms with Gasteiger partial charge in [-0.15, -0.1) is 0 Å². The Hall–Kier alpha value is -1.88. The van der Waals surface area contributed by atoms with Gasteiger partial charge in [0.2, 0.25) is 0 Å². The molecule has 0 saturated heterocycles. The van der Waals surface area contributed by atoms with Gasteiger partial charge in [-0.2, -0.15) is 0 Å². The Balaban J connectivity index is 2.71. The Labute approximate surface area is 99.2 Å². The zero-order valence-electron chi connectivity index (χ0n) is 9.77. The Bertz CT molecular complexity index is 442. The number of esters is 1. The van der Waals surface area contributed by atoms with Gasteiger partial charge in [0.25, 0.3) is 0 Å². The van der Waals surface area contributed by atoms with E-state index >= 15 is 0 Å². The van der Waals surface area contributed by atoms with Crippen molar-refractivity contribution in [1.29, 1.82) is 0 Å². The minimum atomic E-state index is -1.20. The van der Waals surface area contributed by atoms with E-state index in [1.807, 2.05) is 19.9 Å². The molecular weight excluding hydrogens is 222 g/mol. The number of benzene rings is 1. The maximum absolute atomic E-state index is 11.7. The van der Waals surface area contributed by atoms with Gasteiger partial charge in [0.1, 0.15) is 12.6 Å². The zero-order valence-corrected chi connectivity index (χ0v) is 9.77. The highest BCUT2D eigenvalue weighted by atomic mass is 16.5. The van der Waals surface area contributed by atoms with E-state index in [1.165, 1.54) is 0 Å². The Morgan fingerprint density at radius 1 is 1.41 bits per heavy atom. The zero-order chi connectivity index (χ0) is 13.0. The van der Waals surface area contributed by atoms with Crippen LogP contribution in [0.15, 0.2) is 18.2 Å². The van der Waals surface area contributed by atoms with Crippen LogP contribution in [-0.2, 0) is 9.53 Å². The Morgan fingerprint density at radius 2 is 2.06 bits per heavy atom. The molecule has 0 fully saturated rings. The third kappa shape index (κ3) is 3.29. The molecule has 1 aromatic carbocycles. The molecule has 0 heterocycles. The molecule has 0 aliphatic heterocycles. The highest BCUT2D eigenvalue weighted by Crippen LogP contribution is 2.13.